The Labute approximate surface area is 111 Å². The molecule has 0 aliphatic heterocycles. The molecule has 98 valence electrons. The molecule has 0 radical (unpaired) electrons. The number of rotatable bonds is 4. The molecule has 0 aromatic heterocycles. The zero-order valence-corrected chi connectivity index (χ0v) is 10.6. The number of carboxylic acid groups (broad SMARTS) is 1. The number of aryl methyl sites for hydroxylation is 1. The van der Waals surface area contributed by atoms with E-state index in [0.29, 0.717) is 11.1 Å². The summed E-state index contributed by atoms with van der Waals surface area (Å²) in [5, 5.41) is 9.35. The van der Waals surface area contributed by atoms with E-state index >= 15 is 0 Å². The average molecular weight is 258 g/mol. The Morgan fingerprint density at radius 3 is 2.58 bits per heavy atom. The van der Waals surface area contributed by atoms with Crippen LogP contribution in [0.3, 0.4) is 0 Å². The average Bonchev–Trinajstić information content (AvgIpc) is 2.37. The van der Waals surface area contributed by atoms with Gasteiger partial charge < -0.3 is 5.11 Å². The van der Waals surface area contributed by atoms with Crippen molar-refractivity contribution in [3.63, 3.8) is 0 Å². The van der Waals surface area contributed by atoms with E-state index in [1.807, 2.05) is 25.1 Å². The molecule has 3 heteroatoms. The third-order valence-corrected chi connectivity index (χ3v) is 3.12. The Morgan fingerprint density at radius 1 is 1.21 bits per heavy atom. The molecule has 1 unspecified atom stereocenters. The molecule has 2 aromatic carbocycles. The lowest BCUT2D eigenvalue weighted by Crippen LogP contribution is -2.15. The minimum absolute atomic E-state index is 0.158. The van der Waals surface area contributed by atoms with Crippen LogP contribution in [0.1, 0.15) is 22.6 Å². The summed E-state index contributed by atoms with van der Waals surface area (Å²) in [6, 6.07) is 13.6. The lowest BCUT2D eigenvalue weighted by Gasteiger charge is -2.14. The Bertz CT molecular complexity index is 593. The number of benzene rings is 2. The van der Waals surface area contributed by atoms with E-state index in [1.165, 1.54) is 6.07 Å². The topological polar surface area (TPSA) is 37.3 Å². The number of aliphatic carboxylic acids is 1. The molecular formula is C16H15FO2. The van der Waals surface area contributed by atoms with E-state index in [4.69, 9.17) is 0 Å². The highest BCUT2D eigenvalue weighted by molar-refractivity contribution is 5.76. The number of carbonyl (C=O) groups is 1. The van der Waals surface area contributed by atoms with Gasteiger partial charge in [-0.3, -0.25) is 4.79 Å². The van der Waals surface area contributed by atoms with E-state index in [1.54, 1.807) is 24.3 Å². The zero-order chi connectivity index (χ0) is 13.8. The molecule has 0 aliphatic rings. The van der Waals surface area contributed by atoms with Gasteiger partial charge in [-0.15, -0.1) is 0 Å². The van der Waals surface area contributed by atoms with Gasteiger partial charge in [0.25, 0.3) is 0 Å². The van der Waals surface area contributed by atoms with Crippen LogP contribution in [0.25, 0.3) is 0 Å². The Kier molecular flexibility index (Phi) is 3.95. The van der Waals surface area contributed by atoms with Crippen LogP contribution in [0.2, 0.25) is 0 Å². The second kappa shape index (κ2) is 5.65. The van der Waals surface area contributed by atoms with Gasteiger partial charge in [0.15, 0.2) is 0 Å². The van der Waals surface area contributed by atoms with Crippen molar-refractivity contribution >= 4 is 5.97 Å². The van der Waals surface area contributed by atoms with Crippen molar-refractivity contribution < 1.29 is 14.3 Å². The fraction of sp³-hybridized carbons (Fsp3) is 0.188. The molecule has 0 aliphatic carbocycles. The molecule has 1 atom stereocenters. The van der Waals surface area contributed by atoms with E-state index in [-0.39, 0.29) is 12.2 Å². The lowest BCUT2D eigenvalue weighted by molar-refractivity contribution is -0.138. The van der Waals surface area contributed by atoms with Crippen molar-refractivity contribution in [1.82, 2.24) is 0 Å². The summed E-state index contributed by atoms with van der Waals surface area (Å²) < 4.78 is 13.6. The van der Waals surface area contributed by atoms with Gasteiger partial charge in [0, 0.05) is 0 Å². The van der Waals surface area contributed by atoms with Gasteiger partial charge in [-0.1, -0.05) is 48.0 Å². The maximum Gasteiger partial charge on any atom is 0.311 e. The maximum absolute atomic E-state index is 13.6. The summed E-state index contributed by atoms with van der Waals surface area (Å²) in [6.07, 6.45) is 0.158. The lowest BCUT2D eigenvalue weighted by atomic mass is 9.91. The van der Waals surface area contributed by atoms with Crippen LogP contribution in [-0.2, 0) is 11.2 Å². The molecule has 1 N–H and O–H groups in total. The molecule has 0 spiro atoms. The largest absolute Gasteiger partial charge is 0.481 e. The zero-order valence-electron chi connectivity index (χ0n) is 10.6. The molecular weight excluding hydrogens is 243 g/mol. The molecule has 0 fully saturated rings. The molecule has 19 heavy (non-hydrogen) atoms. The molecule has 0 amide bonds. The van der Waals surface area contributed by atoms with Gasteiger partial charge in [-0.25, -0.2) is 4.39 Å². The van der Waals surface area contributed by atoms with Crippen LogP contribution in [0.15, 0.2) is 48.5 Å². The summed E-state index contributed by atoms with van der Waals surface area (Å²) in [7, 11) is 0. The number of hydrogen-bond acceptors (Lipinski definition) is 1. The predicted octanol–water partition coefficient (Wildman–Crippen LogP) is 3.55. The van der Waals surface area contributed by atoms with Gasteiger partial charge in [0.2, 0.25) is 0 Å². The minimum atomic E-state index is -0.936. The molecule has 0 saturated heterocycles. The molecule has 0 heterocycles. The van der Waals surface area contributed by atoms with Gasteiger partial charge in [0.1, 0.15) is 5.82 Å². The highest BCUT2D eigenvalue weighted by atomic mass is 19.1. The fourth-order valence-corrected chi connectivity index (χ4v) is 2.12. The van der Waals surface area contributed by atoms with Crippen molar-refractivity contribution in [2.75, 3.05) is 0 Å². The maximum atomic E-state index is 13.6. The van der Waals surface area contributed by atoms with Crippen LogP contribution in [0, 0.1) is 12.7 Å². The van der Waals surface area contributed by atoms with E-state index in [9.17, 15) is 14.3 Å². The number of halogens is 1. The van der Waals surface area contributed by atoms with Crippen LogP contribution in [0.4, 0.5) is 4.39 Å². The van der Waals surface area contributed by atoms with Gasteiger partial charge in [0.05, 0.1) is 5.92 Å². The minimum Gasteiger partial charge on any atom is -0.481 e. The fourth-order valence-electron chi connectivity index (χ4n) is 2.12. The Morgan fingerprint density at radius 2 is 1.95 bits per heavy atom. The summed E-state index contributed by atoms with van der Waals surface area (Å²) in [5.41, 5.74) is 2.13. The third-order valence-electron chi connectivity index (χ3n) is 3.12. The Hall–Kier alpha value is -2.16. The van der Waals surface area contributed by atoms with Crippen LogP contribution >= 0.6 is 0 Å². The van der Waals surface area contributed by atoms with Crippen molar-refractivity contribution in [1.29, 1.82) is 0 Å². The van der Waals surface area contributed by atoms with Gasteiger partial charge >= 0.3 is 5.97 Å². The molecule has 2 aromatic rings. The monoisotopic (exact) mass is 258 g/mol. The first-order valence-corrected chi connectivity index (χ1v) is 6.10. The van der Waals surface area contributed by atoms with Crippen LogP contribution < -0.4 is 0 Å². The van der Waals surface area contributed by atoms with E-state index in [0.717, 1.165) is 5.56 Å². The van der Waals surface area contributed by atoms with Crippen molar-refractivity contribution in [3.8, 4) is 0 Å². The summed E-state index contributed by atoms with van der Waals surface area (Å²) in [5.74, 6) is -2.02. The van der Waals surface area contributed by atoms with Crippen LogP contribution in [0.5, 0.6) is 0 Å². The standard InChI is InChI=1S/C16H15FO2/c1-11-5-4-7-12(9-11)14(16(18)19)10-13-6-2-3-8-15(13)17/h2-9,14H,10H2,1H3,(H,18,19). The van der Waals surface area contributed by atoms with E-state index in [2.05, 4.69) is 0 Å². The predicted molar refractivity (Wildman–Crippen MR) is 71.7 cm³/mol. The third kappa shape index (κ3) is 3.19. The number of hydrogen-bond donors (Lipinski definition) is 1. The van der Waals surface area contributed by atoms with Crippen molar-refractivity contribution in [3.05, 3.63) is 71.0 Å². The highest BCUT2D eigenvalue weighted by Gasteiger charge is 2.21. The SMILES string of the molecule is Cc1cccc(C(Cc2ccccc2F)C(=O)O)c1. The second-order valence-electron chi connectivity index (χ2n) is 4.60. The second-order valence-corrected chi connectivity index (χ2v) is 4.60. The highest BCUT2D eigenvalue weighted by Crippen LogP contribution is 2.23. The summed E-state index contributed by atoms with van der Waals surface area (Å²) in [6.45, 7) is 1.91. The normalized spacial score (nSPS) is 12.1. The van der Waals surface area contributed by atoms with Crippen LogP contribution in [-0.4, -0.2) is 11.1 Å². The quantitative estimate of drug-likeness (QED) is 0.910. The van der Waals surface area contributed by atoms with E-state index < -0.39 is 11.9 Å². The summed E-state index contributed by atoms with van der Waals surface area (Å²) in [4.78, 5) is 11.4. The molecule has 2 rings (SSSR count). The van der Waals surface area contributed by atoms with Crippen molar-refractivity contribution in [2.45, 2.75) is 19.3 Å². The smallest absolute Gasteiger partial charge is 0.311 e. The number of carboxylic acids is 1. The van der Waals surface area contributed by atoms with Gasteiger partial charge in [-0.05, 0) is 30.5 Å². The molecule has 0 bridgehead atoms. The first-order valence-electron chi connectivity index (χ1n) is 6.10. The van der Waals surface area contributed by atoms with Gasteiger partial charge in [-0.2, -0.15) is 0 Å². The summed E-state index contributed by atoms with van der Waals surface area (Å²) >= 11 is 0. The Balaban J connectivity index is 2.32. The van der Waals surface area contributed by atoms with Crippen molar-refractivity contribution in [2.24, 2.45) is 0 Å². The first-order chi connectivity index (χ1) is 9.08. The first kappa shape index (κ1) is 13.3. The molecule has 0 saturated carbocycles. The molecule has 2 nitrogen and oxygen atoms in total.